The lowest BCUT2D eigenvalue weighted by Gasteiger charge is -2.28. The summed E-state index contributed by atoms with van der Waals surface area (Å²) < 4.78 is 29.8. The maximum Gasteiger partial charge on any atom is 0.241 e. The molecule has 0 amide bonds. The van der Waals surface area contributed by atoms with E-state index in [4.69, 9.17) is 0 Å². The van der Waals surface area contributed by atoms with E-state index in [2.05, 4.69) is 125 Å². The smallest absolute Gasteiger partial charge is 0.241 e. The van der Waals surface area contributed by atoms with Gasteiger partial charge in [0.15, 0.2) is 0 Å². The van der Waals surface area contributed by atoms with E-state index in [1.807, 2.05) is 12.1 Å². The molecule has 0 heterocycles. The zero-order valence-corrected chi connectivity index (χ0v) is 28.3. The van der Waals surface area contributed by atoms with Crippen LogP contribution < -0.4 is 9.62 Å². The molecule has 0 saturated heterocycles. The third-order valence-corrected chi connectivity index (χ3v) is 10.4. The van der Waals surface area contributed by atoms with Gasteiger partial charge in [0.25, 0.3) is 0 Å². The second-order valence-corrected chi connectivity index (χ2v) is 16.1. The third kappa shape index (κ3) is 7.44. The van der Waals surface area contributed by atoms with Crippen molar-refractivity contribution in [2.45, 2.75) is 103 Å². The predicted molar refractivity (Wildman–Crippen MR) is 184 cm³/mol. The Morgan fingerprint density at radius 3 is 1.68 bits per heavy atom. The molecule has 1 atom stereocenters. The Hall–Kier alpha value is -3.41. The van der Waals surface area contributed by atoms with E-state index in [1.165, 1.54) is 27.8 Å². The fourth-order valence-corrected chi connectivity index (χ4v) is 7.22. The summed E-state index contributed by atoms with van der Waals surface area (Å²) in [4.78, 5) is 2.73. The van der Waals surface area contributed by atoms with Crippen LogP contribution in [0.2, 0.25) is 0 Å². The standard InChI is InChI=1S/C39H48N2O2S/c1-8-28-13-22-35(23-14-28)44(42,43)40-37-24-16-31-15-21-34(25-36(31)37)41(26-29-9-17-32(18-10-29)38(2,3)4)27-30-11-19-33(20-12-30)39(5,6)7/h9-15,17-23,25,37,40H,8,16,24,26-27H2,1-7H3. The second-order valence-electron chi connectivity index (χ2n) is 14.3. The van der Waals surface area contributed by atoms with Crippen molar-refractivity contribution >= 4 is 15.7 Å². The number of aryl methyl sites for hydroxylation is 2. The Morgan fingerprint density at radius 1 is 0.705 bits per heavy atom. The van der Waals surface area contributed by atoms with Gasteiger partial charge in [-0.1, -0.05) is 115 Å². The number of fused-ring (bicyclic) bond motifs is 1. The molecule has 1 aliphatic rings. The van der Waals surface area contributed by atoms with E-state index in [1.54, 1.807) is 12.1 Å². The molecule has 44 heavy (non-hydrogen) atoms. The Labute approximate surface area is 265 Å². The second kappa shape index (κ2) is 12.5. The lowest BCUT2D eigenvalue weighted by molar-refractivity contribution is 0.554. The molecule has 5 rings (SSSR count). The summed E-state index contributed by atoms with van der Waals surface area (Å²) in [5.41, 5.74) is 9.86. The summed E-state index contributed by atoms with van der Waals surface area (Å²) in [6.45, 7) is 17.0. The van der Waals surface area contributed by atoms with Gasteiger partial charge in [-0.3, -0.25) is 0 Å². The highest BCUT2D eigenvalue weighted by Gasteiger charge is 2.28. The number of rotatable bonds is 9. The van der Waals surface area contributed by atoms with Crippen molar-refractivity contribution < 1.29 is 8.42 Å². The van der Waals surface area contributed by atoms with E-state index in [0.717, 1.165) is 49.2 Å². The Bertz CT molecular complexity index is 1620. The van der Waals surface area contributed by atoms with Gasteiger partial charge in [0, 0.05) is 24.8 Å². The van der Waals surface area contributed by atoms with Crippen molar-refractivity contribution in [1.29, 1.82) is 0 Å². The number of hydrogen-bond acceptors (Lipinski definition) is 3. The summed E-state index contributed by atoms with van der Waals surface area (Å²) in [5.74, 6) is 0. The molecule has 4 aromatic rings. The average molecular weight is 609 g/mol. The number of benzene rings is 4. The predicted octanol–water partition coefficient (Wildman–Crippen LogP) is 9.02. The van der Waals surface area contributed by atoms with Gasteiger partial charge in [0.1, 0.15) is 0 Å². The zero-order chi connectivity index (χ0) is 31.7. The molecule has 1 N–H and O–H groups in total. The molecule has 4 aromatic carbocycles. The lowest BCUT2D eigenvalue weighted by atomic mass is 9.86. The largest absolute Gasteiger partial charge is 0.363 e. The van der Waals surface area contributed by atoms with Crippen LogP contribution in [0.5, 0.6) is 0 Å². The molecule has 1 aliphatic carbocycles. The number of sulfonamides is 1. The summed E-state index contributed by atoms with van der Waals surface area (Å²) in [7, 11) is -3.64. The maximum absolute atomic E-state index is 13.4. The molecule has 0 aliphatic heterocycles. The first-order valence-corrected chi connectivity index (χ1v) is 17.4. The average Bonchev–Trinajstić information content (AvgIpc) is 3.37. The Morgan fingerprint density at radius 2 is 1.20 bits per heavy atom. The minimum absolute atomic E-state index is 0.105. The van der Waals surface area contributed by atoms with Crippen molar-refractivity contribution in [3.05, 3.63) is 130 Å². The van der Waals surface area contributed by atoms with Crippen LogP contribution in [0.25, 0.3) is 0 Å². The van der Waals surface area contributed by atoms with E-state index in [0.29, 0.717) is 4.90 Å². The van der Waals surface area contributed by atoms with Crippen molar-refractivity contribution in [3.8, 4) is 0 Å². The molecule has 0 saturated carbocycles. The Kier molecular flexibility index (Phi) is 9.11. The lowest BCUT2D eigenvalue weighted by Crippen LogP contribution is -2.28. The summed E-state index contributed by atoms with van der Waals surface area (Å²) in [6.07, 6.45) is 2.50. The fourth-order valence-electron chi connectivity index (χ4n) is 5.97. The SMILES string of the molecule is CCc1ccc(S(=O)(=O)NC2CCc3ccc(N(Cc4ccc(C(C)(C)C)cc4)Cc4ccc(C(C)(C)C)cc4)cc32)cc1. The van der Waals surface area contributed by atoms with Gasteiger partial charge in [-0.25, -0.2) is 13.1 Å². The van der Waals surface area contributed by atoms with Crippen LogP contribution >= 0.6 is 0 Å². The highest BCUT2D eigenvalue weighted by atomic mass is 32.2. The van der Waals surface area contributed by atoms with Crippen LogP contribution in [0.1, 0.15) is 99.9 Å². The molecular formula is C39H48N2O2S. The van der Waals surface area contributed by atoms with Gasteiger partial charge >= 0.3 is 0 Å². The van der Waals surface area contributed by atoms with E-state index < -0.39 is 10.0 Å². The number of hydrogen-bond donors (Lipinski definition) is 1. The Balaban J connectivity index is 1.44. The normalized spacial score (nSPS) is 15.3. The topological polar surface area (TPSA) is 49.4 Å². The highest BCUT2D eigenvalue weighted by molar-refractivity contribution is 7.89. The van der Waals surface area contributed by atoms with Crippen molar-refractivity contribution in [2.24, 2.45) is 0 Å². The highest BCUT2D eigenvalue weighted by Crippen LogP contribution is 2.36. The molecule has 0 bridgehead atoms. The van der Waals surface area contributed by atoms with Crippen LogP contribution in [0.4, 0.5) is 5.69 Å². The number of nitrogens with zero attached hydrogens (tertiary/aromatic N) is 1. The third-order valence-electron chi connectivity index (χ3n) is 8.90. The molecule has 0 aromatic heterocycles. The summed E-state index contributed by atoms with van der Waals surface area (Å²) in [5, 5.41) is 0. The summed E-state index contributed by atoms with van der Waals surface area (Å²) in [6, 6.07) is 31.5. The van der Waals surface area contributed by atoms with Gasteiger partial charge in [-0.05, 0) is 93.3 Å². The van der Waals surface area contributed by atoms with Crippen molar-refractivity contribution in [2.75, 3.05) is 4.90 Å². The zero-order valence-electron chi connectivity index (χ0n) is 27.4. The van der Waals surface area contributed by atoms with Gasteiger partial charge < -0.3 is 4.90 Å². The van der Waals surface area contributed by atoms with Crippen molar-refractivity contribution in [3.63, 3.8) is 0 Å². The fraction of sp³-hybridized carbons (Fsp3) is 0.385. The van der Waals surface area contributed by atoms with Gasteiger partial charge in [0.05, 0.1) is 4.90 Å². The first-order chi connectivity index (χ1) is 20.7. The van der Waals surface area contributed by atoms with Crippen LogP contribution in [-0.2, 0) is 46.8 Å². The van der Waals surface area contributed by atoms with E-state index in [-0.39, 0.29) is 16.9 Å². The summed E-state index contributed by atoms with van der Waals surface area (Å²) >= 11 is 0. The monoisotopic (exact) mass is 608 g/mol. The van der Waals surface area contributed by atoms with Crippen LogP contribution in [0.15, 0.2) is 95.9 Å². The van der Waals surface area contributed by atoms with Gasteiger partial charge in [-0.2, -0.15) is 0 Å². The quantitative estimate of drug-likeness (QED) is 0.206. The number of nitrogens with one attached hydrogen (secondary N) is 1. The molecule has 232 valence electrons. The minimum Gasteiger partial charge on any atom is -0.363 e. The molecule has 0 fully saturated rings. The molecule has 1 unspecified atom stereocenters. The molecule has 4 nitrogen and oxygen atoms in total. The first-order valence-electron chi connectivity index (χ1n) is 15.9. The molecule has 0 spiro atoms. The first kappa shape index (κ1) is 32.0. The van der Waals surface area contributed by atoms with Crippen LogP contribution in [0.3, 0.4) is 0 Å². The van der Waals surface area contributed by atoms with Gasteiger partial charge in [-0.15, -0.1) is 0 Å². The van der Waals surface area contributed by atoms with E-state index >= 15 is 0 Å². The maximum atomic E-state index is 13.4. The van der Waals surface area contributed by atoms with Gasteiger partial charge in [0.2, 0.25) is 10.0 Å². The number of anilines is 1. The van der Waals surface area contributed by atoms with Crippen LogP contribution in [0, 0.1) is 0 Å². The van der Waals surface area contributed by atoms with Crippen molar-refractivity contribution in [1.82, 2.24) is 4.72 Å². The molecular weight excluding hydrogens is 561 g/mol. The van der Waals surface area contributed by atoms with Crippen LogP contribution in [-0.4, -0.2) is 8.42 Å². The molecule has 0 radical (unpaired) electrons. The van der Waals surface area contributed by atoms with E-state index in [9.17, 15) is 8.42 Å². The minimum atomic E-state index is -3.64. The molecule has 5 heteroatoms.